The first-order valence-electron chi connectivity index (χ1n) is 8.26. The minimum Gasteiger partial charge on any atom is -0.341 e. The van der Waals surface area contributed by atoms with E-state index >= 15 is 0 Å². The zero-order chi connectivity index (χ0) is 13.7. The van der Waals surface area contributed by atoms with E-state index in [0.717, 1.165) is 32.4 Å². The number of nitrogens with zero attached hydrogens (tertiary/aromatic N) is 1. The highest BCUT2D eigenvalue weighted by atomic mass is 35.5. The van der Waals surface area contributed by atoms with Crippen LogP contribution in [0.1, 0.15) is 65.2 Å². The molecule has 0 spiro atoms. The zero-order valence-electron chi connectivity index (χ0n) is 13.1. The molecule has 2 fully saturated rings. The van der Waals surface area contributed by atoms with E-state index in [1.807, 2.05) is 0 Å². The summed E-state index contributed by atoms with van der Waals surface area (Å²) in [5.74, 6) is 0.998. The second-order valence-corrected chi connectivity index (χ2v) is 6.39. The molecule has 0 radical (unpaired) electrons. The first-order chi connectivity index (χ1) is 9.22. The molecular weight excluding hydrogens is 272 g/mol. The third-order valence-corrected chi connectivity index (χ3v) is 4.88. The number of halogens is 1. The van der Waals surface area contributed by atoms with Crippen molar-refractivity contribution in [3.63, 3.8) is 0 Å². The first kappa shape index (κ1) is 17.8. The number of unbranched alkanes of at least 4 members (excludes halogenated alkanes) is 1. The Morgan fingerprint density at radius 1 is 1.25 bits per heavy atom. The summed E-state index contributed by atoms with van der Waals surface area (Å²) in [5.41, 5.74) is 0. The second-order valence-electron chi connectivity index (χ2n) is 6.39. The van der Waals surface area contributed by atoms with Gasteiger partial charge in [-0.25, -0.2) is 0 Å². The van der Waals surface area contributed by atoms with Crippen LogP contribution in [0.25, 0.3) is 0 Å². The molecule has 2 saturated heterocycles. The Bertz CT molecular complexity index is 298. The number of rotatable bonds is 6. The maximum absolute atomic E-state index is 12.5. The van der Waals surface area contributed by atoms with Crippen molar-refractivity contribution in [2.24, 2.45) is 5.92 Å². The van der Waals surface area contributed by atoms with Crippen LogP contribution in [0.4, 0.5) is 0 Å². The van der Waals surface area contributed by atoms with Crippen molar-refractivity contribution in [2.75, 3.05) is 13.1 Å². The Kier molecular flexibility index (Phi) is 7.90. The van der Waals surface area contributed by atoms with Crippen LogP contribution in [-0.4, -0.2) is 36.0 Å². The lowest BCUT2D eigenvalue weighted by Crippen LogP contribution is -2.39. The SMILES string of the molecule is CCCCC(CC)CC(=O)N1CCC2CCC(C1)N2.Cl. The topological polar surface area (TPSA) is 32.3 Å². The average Bonchev–Trinajstić information content (AvgIpc) is 2.73. The van der Waals surface area contributed by atoms with Crippen LogP contribution in [0.5, 0.6) is 0 Å². The lowest BCUT2D eigenvalue weighted by molar-refractivity contribution is -0.132. The normalized spacial score (nSPS) is 26.8. The Morgan fingerprint density at radius 2 is 2.00 bits per heavy atom. The van der Waals surface area contributed by atoms with Gasteiger partial charge in [0.1, 0.15) is 0 Å². The van der Waals surface area contributed by atoms with Crippen molar-refractivity contribution in [3.8, 4) is 0 Å². The van der Waals surface area contributed by atoms with Crippen LogP contribution >= 0.6 is 12.4 Å². The fourth-order valence-corrected chi connectivity index (χ4v) is 3.49. The van der Waals surface area contributed by atoms with E-state index in [1.165, 1.54) is 32.1 Å². The molecule has 4 heteroatoms. The van der Waals surface area contributed by atoms with Crippen LogP contribution in [0.2, 0.25) is 0 Å². The number of carbonyl (C=O) groups excluding carboxylic acids is 1. The van der Waals surface area contributed by atoms with Gasteiger partial charge < -0.3 is 10.2 Å². The molecule has 3 atom stereocenters. The molecule has 0 aromatic rings. The molecule has 1 amide bonds. The molecule has 2 heterocycles. The minimum atomic E-state index is 0. The quantitative estimate of drug-likeness (QED) is 0.816. The van der Waals surface area contributed by atoms with Gasteiger partial charge in [0.05, 0.1) is 0 Å². The van der Waals surface area contributed by atoms with E-state index < -0.39 is 0 Å². The fraction of sp³-hybridized carbons (Fsp3) is 0.938. The average molecular weight is 303 g/mol. The molecule has 0 aromatic carbocycles. The van der Waals surface area contributed by atoms with Crippen molar-refractivity contribution in [1.29, 1.82) is 0 Å². The van der Waals surface area contributed by atoms with Crippen molar-refractivity contribution >= 4 is 18.3 Å². The monoisotopic (exact) mass is 302 g/mol. The van der Waals surface area contributed by atoms with Gasteiger partial charge in [0.25, 0.3) is 0 Å². The van der Waals surface area contributed by atoms with Gasteiger partial charge in [0.2, 0.25) is 5.91 Å². The molecule has 3 nitrogen and oxygen atoms in total. The molecule has 2 rings (SSSR count). The number of carbonyl (C=O) groups is 1. The highest BCUT2D eigenvalue weighted by Gasteiger charge is 2.31. The highest BCUT2D eigenvalue weighted by molar-refractivity contribution is 5.85. The molecule has 2 aliphatic rings. The Morgan fingerprint density at radius 3 is 2.70 bits per heavy atom. The van der Waals surface area contributed by atoms with Crippen LogP contribution in [0.15, 0.2) is 0 Å². The van der Waals surface area contributed by atoms with Gasteiger partial charge in [0.15, 0.2) is 0 Å². The standard InChI is InChI=1S/C16H30N2O.ClH/c1-3-5-6-13(4-2)11-16(19)18-10-9-14-7-8-15(12-18)17-14;/h13-15,17H,3-12H2,1-2H3;1H. The third kappa shape index (κ3) is 4.92. The summed E-state index contributed by atoms with van der Waals surface area (Å²) in [4.78, 5) is 14.6. The maximum Gasteiger partial charge on any atom is 0.222 e. The van der Waals surface area contributed by atoms with Gasteiger partial charge >= 0.3 is 0 Å². The molecule has 3 unspecified atom stereocenters. The van der Waals surface area contributed by atoms with Crippen LogP contribution < -0.4 is 5.32 Å². The maximum atomic E-state index is 12.5. The summed E-state index contributed by atoms with van der Waals surface area (Å²) in [5, 5.41) is 3.65. The lowest BCUT2D eigenvalue weighted by atomic mass is 9.95. The minimum absolute atomic E-state index is 0. The molecule has 1 N–H and O–H groups in total. The Labute approximate surface area is 130 Å². The van der Waals surface area contributed by atoms with Gasteiger partial charge in [-0.15, -0.1) is 12.4 Å². The molecule has 0 aliphatic carbocycles. The number of hydrogen-bond donors (Lipinski definition) is 1. The Hall–Kier alpha value is -0.280. The van der Waals surface area contributed by atoms with Crippen molar-refractivity contribution in [2.45, 2.75) is 77.3 Å². The van der Waals surface area contributed by atoms with Gasteiger partial charge in [-0.05, 0) is 31.6 Å². The van der Waals surface area contributed by atoms with Crippen LogP contribution in [0.3, 0.4) is 0 Å². The van der Waals surface area contributed by atoms with E-state index in [4.69, 9.17) is 0 Å². The molecular formula is C16H31ClN2O. The number of likely N-dealkylation sites (tertiary alicyclic amines) is 1. The molecule has 2 aliphatic heterocycles. The van der Waals surface area contributed by atoms with Crippen LogP contribution in [-0.2, 0) is 4.79 Å². The number of hydrogen-bond acceptors (Lipinski definition) is 2. The van der Waals surface area contributed by atoms with Gasteiger partial charge in [0, 0.05) is 31.6 Å². The highest BCUT2D eigenvalue weighted by Crippen LogP contribution is 2.23. The molecule has 20 heavy (non-hydrogen) atoms. The van der Waals surface area contributed by atoms with Gasteiger partial charge in [-0.1, -0.05) is 33.1 Å². The molecule has 118 valence electrons. The predicted octanol–water partition coefficient (Wildman–Crippen LogP) is 3.37. The molecule has 0 aromatic heterocycles. The van der Waals surface area contributed by atoms with Crippen molar-refractivity contribution in [3.05, 3.63) is 0 Å². The second kappa shape index (κ2) is 8.89. The number of nitrogens with one attached hydrogen (secondary N) is 1. The Balaban J connectivity index is 0.00000200. The number of fused-ring (bicyclic) bond motifs is 2. The first-order valence-corrected chi connectivity index (χ1v) is 8.26. The summed E-state index contributed by atoms with van der Waals surface area (Å²) < 4.78 is 0. The zero-order valence-corrected chi connectivity index (χ0v) is 13.9. The summed E-state index contributed by atoms with van der Waals surface area (Å²) in [6, 6.07) is 1.23. The number of amides is 1. The summed E-state index contributed by atoms with van der Waals surface area (Å²) in [6.07, 6.45) is 9.34. The predicted molar refractivity (Wildman–Crippen MR) is 86.3 cm³/mol. The van der Waals surface area contributed by atoms with Gasteiger partial charge in [-0.2, -0.15) is 0 Å². The smallest absolute Gasteiger partial charge is 0.222 e. The van der Waals surface area contributed by atoms with Gasteiger partial charge in [-0.3, -0.25) is 4.79 Å². The van der Waals surface area contributed by atoms with Crippen molar-refractivity contribution < 1.29 is 4.79 Å². The van der Waals surface area contributed by atoms with E-state index in [9.17, 15) is 4.79 Å². The largest absolute Gasteiger partial charge is 0.341 e. The fourth-order valence-electron chi connectivity index (χ4n) is 3.49. The lowest BCUT2D eigenvalue weighted by Gasteiger charge is -2.26. The summed E-state index contributed by atoms with van der Waals surface area (Å²) >= 11 is 0. The van der Waals surface area contributed by atoms with Crippen LogP contribution in [0, 0.1) is 5.92 Å². The van der Waals surface area contributed by atoms with E-state index in [0.29, 0.717) is 23.9 Å². The summed E-state index contributed by atoms with van der Waals surface area (Å²) in [7, 11) is 0. The van der Waals surface area contributed by atoms with Crippen molar-refractivity contribution in [1.82, 2.24) is 10.2 Å². The third-order valence-electron chi connectivity index (χ3n) is 4.88. The molecule has 2 bridgehead atoms. The molecule has 0 saturated carbocycles. The van der Waals surface area contributed by atoms with E-state index in [1.54, 1.807) is 0 Å². The summed E-state index contributed by atoms with van der Waals surface area (Å²) in [6.45, 7) is 6.36. The van der Waals surface area contributed by atoms with E-state index in [2.05, 4.69) is 24.1 Å². The van der Waals surface area contributed by atoms with E-state index in [-0.39, 0.29) is 12.4 Å².